The van der Waals surface area contributed by atoms with Gasteiger partial charge in [0.25, 0.3) is 0 Å². The molecular formula is C30H39N5O3. The summed E-state index contributed by atoms with van der Waals surface area (Å²) >= 11 is 0. The van der Waals surface area contributed by atoms with E-state index < -0.39 is 11.6 Å². The van der Waals surface area contributed by atoms with Crippen LogP contribution in [0.4, 0.5) is 0 Å². The molecule has 0 saturated carbocycles. The zero-order chi connectivity index (χ0) is 27.1. The lowest BCUT2D eigenvalue weighted by Crippen LogP contribution is -2.51. The van der Waals surface area contributed by atoms with Crippen LogP contribution < -0.4 is 10.1 Å². The van der Waals surface area contributed by atoms with Gasteiger partial charge in [0, 0.05) is 12.1 Å². The molecule has 0 aliphatic heterocycles. The fourth-order valence-electron chi connectivity index (χ4n) is 4.80. The van der Waals surface area contributed by atoms with Gasteiger partial charge in [-0.3, -0.25) is 9.59 Å². The number of rotatable bonds is 11. The van der Waals surface area contributed by atoms with Crippen LogP contribution in [-0.4, -0.2) is 50.9 Å². The van der Waals surface area contributed by atoms with E-state index in [9.17, 15) is 9.59 Å². The first-order chi connectivity index (χ1) is 18.3. The molecule has 0 spiro atoms. The van der Waals surface area contributed by atoms with E-state index in [0.717, 1.165) is 48.7 Å². The first-order valence-electron chi connectivity index (χ1n) is 13.5. The molecule has 0 fully saturated rings. The van der Waals surface area contributed by atoms with Crippen LogP contribution in [0.25, 0.3) is 11.0 Å². The van der Waals surface area contributed by atoms with Crippen LogP contribution in [0.1, 0.15) is 70.9 Å². The molecular weight excluding hydrogens is 478 g/mol. The van der Waals surface area contributed by atoms with Gasteiger partial charge in [-0.05, 0) is 82.2 Å². The normalized spacial score (nSPS) is 14.6. The molecule has 8 heteroatoms. The maximum atomic E-state index is 14.0. The Bertz CT molecular complexity index is 1280. The highest BCUT2D eigenvalue weighted by atomic mass is 16.5. The molecule has 4 rings (SSSR count). The molecule has 1 aliphatic carbocycles. The molecule has 3 aromatic rings. The van der Waals surface area contributed by atoms with Crippen molar-refractivity contribution in [1.82, 2.24) is 25.2 Å². The number of hydrogen-bond acceptors (Lipinski definition) is 5. The summed E-state index contributed by atoms with van der Waals surface area (Å²) in [4.78, 5) is 29.6. The number of methoxy groups -OCH3 is 1. The van der Waals surface area contributed by atoms with Crippen LogP contribution in [0.2, 0.25) is 0 Å². The highest BCUT2D eigenvalue weighted by Crippen LogP contribution is 2.28. The maximum Gasteiger partial charge on any atom is 0.247 e. The van der Waals surface area contributed by atoms with Crippen LogP contribution in [0.3, 0.4) is 0 Å². The minimum atomic E-state index is -0.793. The largest absolute Gasteiger partial charge is 0.497 e. The number of para-hydroxylation sites is 1. The van der Waals surface area contributed by atoms with Gasteiger partial charge in [0.1, 0.15) is 23.9 Å². The number of benzene rings is 2. The summed E-state index contributed by atoms with van der Waals surface area (Å²) in [6, 6.07) is 14.2. The van der Waals surface area contributed by atoms with Gasteiger partial charge in [-0.2, -0.15) is 0 Å². The lowest BCUT2D eigenvalue weighted by molar-refractivity contribution is -0.142. The summed E-state index contributed by atoms with van der Waals surface area (Å²) in [5.41, 5.74) is 3.19. The molecule has 202 valence electrons. The Kier molecular flexibility index (Phi) is 8.81. The number of nitrogens with one attached hydrogen (secondary N) is 1. The maximum absolute atomic E-state index is 14.0. The number of carbonyl (C=O) groups is 2. The highest BCUT2D eigenvalue weighted by molar-refractivity contribution is 5.89. The smallest absolute Gasteiger partial charge is 0.247 e. The third-order valence-electron chi connectivity index (χ3n) is 7.42. The molecule has 1 heterocycles. The van der Waals surface area contributed by atoms with Gasteiger partial charge in [0.2, 0.25) is 11.8 Å². The van der Waals surface area contributed by atoms with Crippen LogP contribution in [-0.2, 0) is 16.1 Å². The Hall–Kier alpha value is -3.68. The van der Waals surface area contributed by atoms with Gasteiger partial charge in [0.05, 0.1) is 12.6 Å². The molecule has 0 radical (unpaired) electrons. The average molecular weight is 518 g/mol. The van der Waals surface area contributed by atoms with Crippen molar-refractivity contribution in [1.29, 1.82) is 0 Å². The second kappa shape index (κ2) is 12.2. The molecule has 2 amide bonds. The van der Waals surface area contributed by atoms with E-state index in [1.807, 2.05) is 69.3 Å². The minimum absolute atomic E-state index is 0.00331. The number of allylic oxidation sites excluding steroid dienone is 1. The van der Waals surface area contributed by atoms with Gasteiger partial charge in [-0.1, -0.05) is 48.1 Å². The summed E-state index contributed by atoms with van der Waals surface area (Å²) in [7, 11) is 1.61. The summed E-state index contributed by atoms with van der Waals surface area (Å²) < 4.78 is 6.96. The Morgan fingerprint density at radius 2 is 1.89 bits per heavy atom. The monoisotopic (exact) mass is 517 g/mol. The van der Waals surface area contributed by atoms with E-state index in [1.165, 1.54) is 12.0 Å². The second-order valence-electron chi connectivity index (χ2n) is 10.6. The summed E-state index contributed by atoms with van der Waals surface area (Å²) in [6.45, 7) is 6.47. The van der Waals surface area contributed by atoms with Crippen molar-refractivity contribution in [2.45, 2.75) is 77.4 Å². The van der Waals surface area contributed by atoms with Crippen molar-refractivity contribution in [2.75, 3.05) is 13.7 Å². The number of aromatic nitrogens is 3. The van der Waals surface area contributed by atoms with Crippen LogP contribution in [0, 0.1) is 0 Å². The molecule has 1 atom stereocenters. The lowest BCUT2D eigenvalue weighted by atomic mass is 9.95. The summed E-state index contributed by atoms with van der Waals surface area (Å²) in [6.07, 6.45) is 8.27. The van der Waals surface area contributed by atoms with Crippen molar-refractivity contribution in [2.24, 2.45) is 0 Å². The number of ether oxygens (including phenoxy) is 1. The fourth-order valence-corrected chi connectivity index (χ4v) is 4.80. The van der Waals surface area contributed by atoms with E-state index in [1.54, 1.807) is 16.7 Å². The molecule has 1 N–H and O–H groups in total. The molecule has 1 unspecified atom stereocenters. The van der Waals surface area contributed by atoms with Crippen LogP contribution in [0.5, 0.6) is 5.75 Å². The van der Waals surface area contributed by atoms with E-state index in [2.05, 4.69) is 21.7 Å². The van der Waals surface area contributed by atoms with Gasteiger partial charge in [-0.25, -0.2) is 4.68 Å². The van der Waals surface area contributed by atoms with Crippen molar-refractivity contribution in [3.63, 3.8) is 0 Å². The van der Waals surface area contributed by atoms with Gasteiger partial charge in [0.15, 0.2) is 0 Å². The minimum Gasteiger partial charge on any atom is -0.497 e. The second-order valence-corrected chi connectivity index (χ2v) is 10.6. The number of nitrogens with zero attached hydrogens (tertiary/aromatic N) is 4. The van der Waals surface area contributed by atoms with Crippen LogP contribution >= 0.6 is 0 Å². The van der Waals surface area contributed by atoms with Crippen molar-refractivity contribution < 1.29 is 14.3 Å². The molecule has 1 aliphatic rings. The quantitative estimate of drug-likeness (QED) is 0.353. The van der Waals surface area contributed by atoms with Gasteiger partial charge >= 0.3 is 0 Å². The summed E-state index contributed by atoms with van der Waals surface area (Å²) in [5.74, 6) is 0.319. The highest BCUT2D eigenvalue weighted by Gasteiger charge is 2.34. The van der Waals surface area contributed by atoms with Crippen molar-refractivity contribution >= 4 is 22.8 Å². The third kappa shape index (κ3) is 6.60. The average Bonchev–Trinajstić information content (AvgIpc) is 3.34. The standard InChI is InChI=1S/C30H39N5O3/c1-5-30(2,3)31-29(37)28(23-15-17-24(38-4)18-16-23)34(20-19-22-11-7-6-8-12-22)27(36)21-35-26-14-10-9-13-25(26)32-33-35/h9-11,13-18,28H,5-8,12,19-21H2,1-4H3,(H,31,37). The van der Waals surface area contributed by atoms with E-state index >= 15 is 0 Å². The fraction of sp³-hybridized carbons (Fsp3) is 0.467. The number of hydrogen-bond donors (Lipinski definition) is 1. The Morgan fingerprint density at radius 3 is 2.58 bits per heavy atom. The number of carbonyl (C=O) groups excluding carboxylic acids is 2. The van der Waals surface area contributed by atoms with Crippen molar-refractivity contribution in [3.05, 3.63) is 65.7 Å². The predicted molar refractivity (Wildman–Crippen MR) is 149 cm³/mol. The topological polar surface area (TPSA) is 89.4 Å². The number of fused-ring (bicyclic) bond motifs is 1. The molecule has 38 heavy (non-hydrogen) atoms. The van der Waals surface area contributed by atoms with Crippen LogP contribution in [0.15, 0.2) is 60.2 Å². The first-order valence-corrected chi connectivity index (χ1v) is 13.5. The van der Waals surface area contributed by atoms with Gasteiger partial charge in [-0.15, -0.1) is 5.10 Å². The SMILES string of the molecule is CCC(C)(C)NC(=O)C(c1ccc(OC)cc1)N(CCC1=CCCCC1)C(=O)Cn1nnc2ccccc21. The molecule has 0 bridgehead atoms. The molecule has 2 aromatic carbocycles. The van der Waals surface area contributed by atoms with Gasteiger partial charge < -0.3 is 15.0 Å². The molecule has 0 saturated heterocycles. The van der Waals surface area contributed by atoms with E-state index in [0.29, 0.717) is 12.3 Å². The molecule has 8 nitrogen and oxygen atoms in total. The predicted octanol–water partition coefficient (Wildman–Crippen LogP) is 5.21. The Labute approximate surface area is 225 Å². The lowest BCUT2D eigenvalue weighted by Gasteiger charge is -2.35. The zero-order valence-electron chi connectivity index (χ0n) is 22.9. The Morgan fingerprint density at radius 1 is 1.13 bits per heavy atom. The molecule has 1 aromatic heterocycles. The zero-order valence-corrected chi connectivity index (χ0v) is 22.9. The van der Waals surface area contributed by atoms with E-state index in [4.69, 9.17) is 4.74 Å². The van der Waals surface area contributed by atoms with E-state index in [-0.39, 0.29) is 18.4 Å². The Balaban J connectivity index is 1.70. The third-order valence-corrected chi connectivity index (χ3v) is 7.42. The summed E-state index contributed by atoms with van der Waals surface area (Å²) in [5, 5.41) is 11.6. The van der Waals surface area contributed by atoms with Crippen molar-refractivity contribution in [3.8, 4) is 5.75 Å². The first kappa shape index (κ1) is 27.4. The number of amides is 2.